The van der Waals surface area contributed by atoms with Crippen LogP contribution in [0.2, 0.25) is 0 Å². The summed E-state index contributed by atoms with van der Waals surface area (Å²) in [6.07, 6.45) is 7.03. The summed E-state index contributed by atoms with van der Waals surface area (Å²) in [5, 5.41) is 3.16. The number of aryl methyl sites for hydroxylation is 1. The Bertz CT molecular complexity index is 630. The van der Waals surface area contributed by atoms with Gasteiger partial charge >= 0.3 is 0 Å². The van der Waals surface area contributed by atoms with Crippen molar-refractivity contribution in [2.24, 2.45) is 17.3 Å². The molecule has 1 N–H and O–H groups in total. The second kappa shape index (κ2) is 6.05. The van der Waals surface area contributed by atoms with Gasteiger partial charge in [0.05, 0.1) is 12.0 Å². The topological polar surface area (TPSA) is 38.3 Å². The molecule has 130 valence electrons. The maximum Gasteiger partial charge on any atom is 0.226 e. The van der Waals surface area contributed by atoms with Crippen LogP contribution in [-0.4, -0.2) is 23.4 Å². The Morgan fingerprint density at radius 1 is 1.29 bits per heavy atom. The Morgan fingerprint density at radius 2 is 2.04 bits per heavy atom. The molecule has 4 saturated carbocycles. The number of carbonyl (C=O) groups excluding carboxylic acids is 1. The summed E-state index contributed by atoms with van der Waals surface area (Å²) in [7, 11) is 0. The highest BCUT2D eigenvalue weighted by molar-refractivity contribution is 9.10. The average Bonchev–Trinajstić information content (AvgIpc) is 2.49. The number of alkyl halides is 1. The molecule has 4 aliphatic carbocycles. The van der Waals surface area contributed by atoms with Crippen molar-refractivity contribution < 1.29 is 9.53 Å². The van der Waals surface area contributed by atoms with Gasteiger partial charge in [0.1, 0.15) is 12.4 Å². The van der Waals surface area contributed by atoms with Gasteiger partial charge in [-0.3, -0.25) is 4.79 Å². The van der Waals surface area contributed by atoms with Crippen molar-refractivity contribution in [1.29, 1.82) is 0 Å². The van der Waals surface area contributed by atoms with Gasteiger partial charge < -0.3 is 10.1 Å². The number of benzene rings is 1. The van der Waals surface area contributed by atoms with E-state index in [1.54, 1.807) is 0 Å². The lowest BCUT2D eigenvalue weighted by Gasteiger charge is -2.59. The number of rotatable bonds is 5. The largest absolute Gasteiger partial charge is 0.492 e. The van der Waals surface area contributed by atoms with Crippen molar-refractivity contribution in [3.8, 4) is 5.75 Å². The molecule has 4 bridgehead atoms. The van der Waals surface area contributed by atoms with Crippen molar-refractivity contribution in [2.45, 2.75) is 49.8 Å². The van der Waals surface area contributed by atoms with E-state index in [2.05, 4.69) is 34.2 Å². The number of hydrogen-bond donors (Lipinski definition) is 1. The summed E-state index contributed by atoms with van der Waals surface area (Å²) in [6.45, 7) is 3.16. The number of hydrogen-bond acceptors (Lipinski definition) is 2. The fourth-order valence-corrected chi connectivity index (χ4v) is 7.09. The molecule has 0 radical (unpaired) electrons. The first-order chi connectivity index (χ1) is 11.5. The third-order valence-corrected chi connectivity index (χ3v) is 7.05. The predicted molar refractivity (Wildman–Crippen MR) is 98.5 cm³/mol. The quantitative estimate of drug-likeness (QED) is 0.602. The lowest BCUT2D eigenvalue weighted by Crippen LogP contribution is -2.58. The molecule has 0 saturated heterocycles. The fourth-order valence-electron chi connectivity index (χ4n) is 5.64. The van der Waals surface area contributed by atoms with Gasteiger partial charge in [0, 0.05) is 4.32 Å². The minimum atomic E-state index is -0.128. The number of carbonyl (C=O) groups is 1. The zero-order chi connectivity index (χ0) is 16.8. The van der Waals surface area contributed by atoms with E-state index < -0.39 is 0 Å². The number of amides is 1. The van der Waals surface area contributed by atoms with Gasteiger partial charge in [-0.2, -0.15) is 0 Å². The van der Waals surface area contributed by atoms with E-state index in [4.69, 9.17) is 4.74 Å². The molecule has 5 rings (SSSR count). The van der Waals surface area contributed by atoms with Crippen LogP contribution in [0.5, 0.6) is 5.75 Å². The Hall–Kier alpha value is -1.03. The minimum Gasteiger partial charge on any atom is -0.492 e. The van der Waals surface area contributed by atoms with E-state index in [-0.39, 0.29) is 15.6 Å². The van der Waals surface area contributed by atoms with E-state index >= 15 is 0 Å². The van der Waals surface area contributed by atoms with Gasteiger partial charge in [-0.15, -0.1) is 0 Å². The molecule has 2 unspecified atom stereocenters. The lowest BCUT2D eigenvalue weighted by molar-refractivity contribution is -0.144. The first kappa shape index (κ1) is 16.4. The summed E-state index contributed by atoms with van der Waals surface area (Å²) in [5.41, 5.74) is 1.06. The maximum atomic E-state index is 12.9. The van der Waals surface area contributed by atoms with Crippen molar-refractivity contribution in [3.05, 3.63) is 29.8 Å². The van der Waals surface area contributed by atoms with Crippen LogP contribution in [-0.2, 0) is 4.79 Å². The van der Waals surface area contributed by atoms with Crippen LogP contribution in [0.3, 0.4) is 0 Å². The molecule has 4 heteroatoms. The van der Waals surface area contributed by atoms with E-state index in [0.717, 1.165) is 36.8 Å². The molecule has 1 aromatic rings. The molecule has 2 atom stereocenters. The van der Waals surface area contributed by atoms with Crippen LogP contribution in [0.15, 0.2) is 24.3 Å². The van der Waals surface area contributed by atoms with E-state index in [1.165, 1.54) is 24.8 Å². The van der Waals surface area contributed by atoms with Crippen molar-refractivity contribution in [1.82, 2.24) is 5.32 Å². The molecule has 0 spiro atoms. The lowest BCUT2D eigenvalue weighted by atomic mass is 9.49. The van der Waals surface area contributed by atoms with Crippen LogP contribution >= 0.6 is 15.9 Å². The highest BCUT2D eigenvalue weighted by Gasteiger charge is 2.59. The van der Waals surface area contributed by atoms with Gasteiger partial charge in [0.2, 0.25) is 5.91 Å². The number of nitrogens with one attached hydrogen (secondary N) is 1. The molecular weight excluding hydrogens is 366 g/mol. The summed E-state index contributed by atoms with van der Waals surface area (Å²) >= 11 is 3.98. The van der Waals surface area contributed by atoms with Gasteiger partial charge in [-0.25, -0.2) is 0 Å². The van der Waals surface area contributed by atoms with E-state index in [0.29, 0.717) is 13.2 Å². The second-order valence-corrected chi connectivity index (χ2v) is 10.00. The van der Waals surface area contributed by atoms with Gasteiger partial charge in [-0.05, 0) is 75.0 Å². The van der Waals surface area contributed by atoms with Crippen LogP contribution in [0, 0.1) is 24.2 Å². The van der Waals surface area contributed by atoms with Crippen LogP contribution in [0.4, 0.5) is 0 Å². The Morgan fingerprint density at radius 3 is 2.71 bits per heavy atom. The van der Waals surface area contributed by atoms with Crippen molar-refractivity contribution in [2.75, 3.05) is 13.2 Å². The first-order valence-electron chi connectivity index (χ1n) is 9.13. The Balaban J connectivity index is 1.32. The fraction of sp³-hybridized carbons (Fsp3) is 0.650. The van der Waals surface area contributed by atoms with Gasteiger partial charge in [0.25, 0.3) is 0 Å². The predicted octanol–water partition coefficient (Wildman–Crippen LogP) is 4.22. The molecule has 1 amide bonds. The molecule has 4 fully saturated rings. The summed E-state index contributed by atoms with van der Waals surface area (Å²) in [6, 6.07) is 8.03. The second-order valence-electron chi connectivity index (χ2n) is 8.31. The number of ether oxygens (including phenoxy) is 1. The normalized spacial score (nSPS) is 36.6. The first-order valence-corrected chi connectivity index (χ1v) is 9.92. The summed E-state index contributed by atoms with van der Waals surface area (Å²) < 4.78 is 5.98. The minimum absolute atomic E-state index is 0.128. The van der Waals surface area contributed by atoms with Gasteiger partial charge in [0.15, 0.2) is 0 Å². The highest BCUT2D eigenvalue weighted by Crippen LogP contribution is 2.64. The smallest absolute Gasteiger partial charge is 0.226 e. The summed E-state index contributed by atoms with van der Waals surface area (Å²) in [4.78, 5) is 12.9. The molecule has 4 aliphatic rings. The monoisotopic (exact) mass is 391 g/mol. The van der Waals surface area contributed by atoms with Crippen LogP contribution in [0.1, 0.15) is 44.1 Å². The molecular formula is C20H26BrNO2. The molecule has 0 aliphatic heterocycles. The number of halogens is 1. The van der Waals surface area contributed by atoms with Crippen molar-refractivity contribution in [3.63, 3.8) is 0 Å². The Kier molecular flexibility index (Phi) is 4.14. The maximum absolute atomic E-state index is 12.9. The molecule has 0 heterocycles. The Labute approximate surface area is 152 Å². The highest BCUT2D eigenvalue weighted by atomic mass is 79.9. The molecule has 3 nitrogen and oxygen atoms in total. The molecule has 0 aromatic heterocycles. The third-order valence-electron chi connectivity index (χ3n) is 6.12. The van der Waals surface area contributed by atoms with Crippen LogP contribution < -0.4 is 10.1 Å². The van der Waals surface area contributed by atoms with E-state index in [9.17, 15) is 4.79 Å². The molecule has 24 heavy (non-hydrogen) atoms. The molecule has 1 aromatic carbocycles. The van der Waals surface area contributed by atoms with Gasteiger partial charge in [-0.1, -0.05) is 28.1 Å². The zero-order valence-corrected chi connectivity index (χ0v) is 15.9. The SMILES string of the molecule is Cc1cccc(OCCNC(=O)C23CC4CC(CC(Br)(C4)C2)C3)c1. The zero-order valence-electron chi connectivity index (χ0n) is 14.3. The van der Waals surface area contributed by atoms with Crippen LogP contribution in [0.25, 0.3) is 0 Å². The summed E-state index contributed by atoms with van der Waals surface area (Å²) in [5.74, 6) is 2.60. The third kappa shape index (κ3) is 3.10. The standard InChI is InChI=1S/C20H26BrNO2/c1-14-3-2-4-17(7-14)24-6-5-22-18(23)19-9-15-8-16(10-19)12-20(21,11-15)13-19/h2-4,7,15-16H,5-6,8-13H2,1H3,(H,22,23). The van der Waals surface area contributed by atoms with Crippen molar-refractivity contribution >= 4 is 21.8 Å². The average molecular weight is 392 g/mol. The van der Waals surface area contributed by atoms with E-state index in [1.807, 2.05) is 18.2 Å².